The van der Waals surface area contributed by atoms with E-state index in [1.165, 1.54) is 6.08 Å². The van der Waals surface area contributed by atoms with Crippen molar-refractivity contribution in [3.63, 3.8) is 0 Å². The van der Waals surface area contributed by atoms with Crippen molar-refractivity contribution in [2.24, 2.45) is 0 Å². The second-order valence-corrected chi connectivity index (χ2v) is 8.57. The first-order chi connectivity index (χ1) is 12.8. The van der Waals surface area contributed by atoms with Crippen molar-refractivity contribution in [1.29, 1.82) is 0 Å². The van der Waals surface area contributed by atoms with E-state index in [-0.39, 0.29) is 24.7 Å². The van der Waals surface area contributed by atoms with Crippen molar-refractivity contribution in [2.75, 3.05) is 6.54 Å². The Morgan fingerprint density at radius 1 is 1.11 bits per heavy atom. The lowest BCUT2D eigenvalue weighted by molar-refractivity contribution is -0.120. The second-order valence-electron chi connectivity index (χ2n) is 6.16. The van der Waals surface area contributed by atoms with Crippen LogP contribution in [0.4, 0.5) is 0 Å². The molecule has 2 aromatic rings. The molecule has 27 heavy (non-hydrogen) atoms. The number of carbonyl (C=O) groups is 2. The number of hydrogen-bond donors (Lipinski definition) is 1. The molecule has 0 unspecified atom stereocenters. The van der Waals surface area contributed by atoms with Gasteiger partial charge in [0.1, 0.15) is 0 Å². The maximum Gasteiger partial charge on any atom is 0.224 e. The molecule has 0 saturated heterocycles. The second kappa shape index (κ2) is 10.6. The summed E-state index contributed by atoms with van der Waals surface area (Å²) < 4.78 is 1.85. The number of rotatable bonds is 8. The van der Waals surface area contributed by atoms with Crippen LogP contribution in [0.3, 0.4) is 0 Å². The van der Waals surface area contributed by atoms with E-state index in [1.807, 2.05) is 49.4 Å². The first-order valence-corrected chi connectivity index (χ1v) is 10.3. The van der Waals surface area contributed by atoms with Gasteiger partial charge in [0.2, 0.25) is 5.91 Å². The summed E-state index contributed by atoms with van der Waals surface area (Å²) in [6.45, 7) is 2.21. The highest BCUT2D eigenvalue weighted by Crippen LogP contribution is 2.20. The molecule has 2 rings (SSSR count). The first-order valence-electron chi connectivity index (χ1n) is 8.33. The minimum absolute atomic E-state index is 0.0935. The lowest BCUT2D eigenvalue weighted by Gasteiger charge is -2.06. The van der Waals surface area contributed by atoms with Gasteiger partial charge in [-0.3, -0.25) is 9.59 Å². The molecule has 3 nitrogen and oxygen atoms in total. The largest absolute Gasteiger partial charge is 0.351 e. The third kappa shape index (κ3) is 8.28. The summed E-state index contributed by atoms with van der Waals surface area (Å²) in [7, 11) is 0. The Bertz CT molecular complexity index is 873. The van der Waals surface area contributed by atoms with E-state index >= 15 is 0 Å². The Morgan fingerprint density at radius 2 is 1.81 bits per heavy atom. The van der Waals surface area contributed by atoms with Gasteiger partial charge in [0.05, 0.1) is 6.42 Å². The quantitative estimate of drug-likeness (QED) is 0.392. The molecule has 1 amide bonds. The van der Waals surface area contributed by atoms with Crippen molar-refractivity contribution < 1.29 is 9.59 Å². The summed E-state index contributed by atoms with van der Waals surface area (Å²) in [6.07, 6.45) is 3.69. The monoisotopic (exact) mass is 507 g/mol. The predicted molar refractivity (Wildman–Crippen MR) is 121 cm³/mol. The molecule has 0 aliphatic heterocycles. The van der Waals surface area contributed by atoms with Gasteiger partial charge in [-0.15, -0.1) is 0 Å². The smallest absolute Gasteiger partial charge is 0.224 e. The average molecular weight is 509 g/mol. The number of allylic oxidation sites excluding steroid dienone is 1. The maximum atomic E-state index is 12.1. The molecule has 0 heterocycles. The SMILES string of the molecule is Cc1cccc(CC(=O)NCC(=S)CC(=O)/C=C/c2cc(Br)cc(Br)c2)c1. The van der Waals surface area contributed by atoms with Crippen LogP contribution < -0.4 is 5.32 Å². The molecular formula is C21H19Br2NO2S. The number of ketones is 1. The van der Waals surface area contributed by atoms with Crippen LogP contribution in [0.25, 0.3) is 6.08 Å². The maximum absolute atomic E-state index is 12.1. The lowest BCUT2D eigenvalue weighted by Crippen LogP contribution is -2.30. The minimum Gasteiger partial charge on any atom is -0.351 e. The molecule has 0 fully saturated rings. The molecule has 0 bridgehead atoms. The number of hydrogen-bond acceptors (Lipinski definition) is 3. The van der Waals surface area contributed by atoms with E-state index in [0.717, 1.165) is 25.6 Å². The number of amides is 1. The fourth-order valence-corrected chi connectivity index (χ4v) is 3.99. The Kier molecular flexibility index (Phi) is 8.54. The molecule has 0 aliphatic carbocycles. The van der Waals surface area contributed by atoms with Gasteiger partial charge in [-0.05, 0) is 42.3 Å². The normalized spacial score (nSPS) is 10.8. The summed E-state index contributed by atoms with van der Waals surface area (Å²) in [5.41, 5.74) is 2.98. The van der Waals surface area contributed by atoms with Crippen molar-refractivity contribution in [1.82, 2.24) is 5.32 Å². The van der Waals surface area contributed by atoms with E-state index < -0.39 is 0 Å². The zero-order valence-electron chi connectivity index (χ0n) is 14.8. The number of thiocarbonyl (C=S) groups is 1. The van der Waals surface area contributed by atoms with Crippen LogP contribution in [0, 0.1) is 6.92 Å². The van der Waals surface area contributed by atoms with Gasteiger partial charge in [0.15, 0.2) is 5.78 Å². The van der Waals surface area contributed by atoms with Crippen LogP contribution in [-0.2, 0) is 16.0 Å². The number of halogens is 2. The number of nitrogens with one attached hydrogen (secondary N) is 1. The van der Waals surface area contributed by atoms with Crippen LogP contribution in [0.15, 0.2) is 57.5 Å². The van der Waals surface area contributed by atoms with Gasteiger partial charge < -0.3 is 5.32 Å². The molecule has 0 radical (unpaired) electrons. The van der Waals surface area contributed by atoms with E-state index in [2.05, 4.69) is 37.2 Å². The highest BCUT2D eigenvalue weighted by atomic mass is 79.9. The van der Waals surface area contributed by atoms with Crippen molar-refractivity contribution >= 4 is 66.7 Å². The predicted octanol–water partition coefficient (Wildman–Crippen LogP) is 5.22. The summed E-state index contributed by atoms with van der Waals surface area (Å²) >= 11 is 12.0. The Hall–Kier alpha value is -1.63. The van der Waals surface area contributed by atoms with E-state index in [9.17, 15) is 9.59 Å². The first kappa shape index (κ1) is 21.7. The molecule has 0 saturated carbocycles. The van der Waals surface area contributed by atoms with Crippen LogP contribution in [0.5, 0.6) is 0 Å². The molecule has 2 aromatic carbocycles. The van der Waals surface area contributed by atoms with Crippen LogP contribution >= 0.6 is 44.1 Å². The zero-order valence-corrected chi connectivity index (χ0v) is 18.8. The van der Waals surface area contributed by atoms with Gasteiger partial charge in [-0.2, -0.15) is 0 Å². The minimum atomic E-state index is -0.107. The van der Waals surface area contributed by atoms with Gasteiger partial charge in [-0.25, -0.2) is 0 Å². The van der Waals surface area contributed by atoms with Gasteiger partial charge in [0.25, 0.3) is 0 Å². The van der Waals surface area contributed by atoms with E-state index in [0.29, 0.717) is 11.3 Å². The van der Waals surface area contributed by atoms with Crippen molar-refractivity contribution in [2.45, 2.75) is 19.8 Å². The van der Waals surface area contributed by atoms with Gasteiger partial charge in [0, 0.05) is 26.8 Å². The molecule has 6 heteroatoms. The molecule has 0 aromatic heterocycles. The Balaban J connectivity index is 1.78. The van der Waals surface area contributed by atoms with Crippen LogP contribution in [0.2, 0.25) is 0 Å². The number of aryl methyl sites for hydroxylation is 1. The Labute approximate surface area is 181 Å². The third-order valence-corrected chi connectivity index (χ3v) is 4.85. The van der Waals surface area contributed by atoms with Gasteiger partial charge in [-0.1, -0.05) is 80.0 Å². The topological polar surface area (TPSA) is 46.2 Å². The third-order valence-electron chi connectivity index (χ3n) is 3.65. The molecular weight excluding hydrogens is 490 g/mol. The fourth-order valence-electron chi connectivity index (χ4n) is 2.44. The molecule has 0 spiro atoms. The summed E-state index contributed by atoms with van der Waals surface area (Å²) in [6, 6.07) is 13.6. The van der Waals surface area contributed by atoms with E-state index in [1.54, 1.807) is 6.08 Å². The summed E-state index contributed by atoms with van der Waals surface area (Å²) in [4.78, 5) is 24.6. The lowest BCUT2D eigenvalue weighted by atomic mass is 10.1. The Morgan fingerprint density at radius 3 is 2.48 bits per heavy atom. The summed E-state index contributed by atoms with van der Waals surface area (Å²) in [5.74, 6) is -0.200. The highest BCUT2D eigenvalue weighted by Gasteiger charge is 2.07. The average Bonchev–Trinajstić information content (AvgIpc) is 2.57. The molecule has 0 atom stereocenters. The van der Waals surface area contributed by atoms with Crippen LogP contribution in [0.1, 0.15) is 23.1 Å². The van der Waals surface area contributed by atoms with Crippen molar-refractivity contribution in [3.05, 3.63) is 74.2 Å². The van der Waals surface area contributed by atoms with Gasteiger partial charge >= 0.3 is 0 Å². The van der Waals surface area contributed by atoms with E-state index in [4.69, 9.17) is 12.2 Å². The summed E-state index contributed by atoms with van der Waals surface area (Å²) in [5, 5.41) is 2.78. The highest BCUT2D eigenvalue weighted by molar-refractivity contribution is 9.11. The molecule has 140 valence electrons. The van der Waals surface area contributed by atoms with Crippen molar-refractivity contribution in [3.8, 4) is 0 Å². The standard InChI is InChI=1S/C21H19Br2NO2S/c1-14-3-2-4-15(7-14)10-21(26)24-13-20(27)12-19(25)6-5-16-8-17(22)11-18(23)9-16/h2-9,11H,10,12-13H2,1H3,(H,24,26)/b6-5+. The van der Waals surface area contributed by atoms with Crippen LogP contribution in [-0.4, -0.2) is 23.1 Å². The molecule has 0 aliphatic rings. The number of carbonyl (C=O) groups excluding carboxylic acids is 2. The number of benzene rings is 2. The molecule has 1 N–H and O–H groups in total. The fraction of sp³-hybridized carbons (Fsp3) is 0.190. The zero-order chi connectivity index (χ0) is 19.8.